The summed E-state index contributed by atoms with van der Waals surface area (Å²) in [5.74, 6) is 5.56. The van der Waals surface area contributed by atoms with Crippen LogP contribution in [-0.2, 0) is 0 Å². The first-order valence-corrected chi connectivity index (χ1v) is 5.81. The van der Waals surface area contributed by atoms with Crippen molar-refractivity contribution in [3.63, 3.8) is 0 Å². The van der Waals surface area contributed by atoms with E-state index in [1.807, 2.05) is 12.1 Å². The molecule has 0 aliphatic rings. The standard InChI is InChI=1S/C12H17BrN2/c1-3-4-5-12(15-14)11-7-6-10(13)8-9(11)2/h3,6-8,12,15H,1,4-5,14H2,2H3. The summed E-state index contributed by atoms with van der Waals surface area (Å²) in [7, 11) is 0. The van der Waals surface area contributed by atoms with E-state index in [-0.39, 0.29) is 6.04 Å². The van der Waals surface area contributed by atoms with Gasteiger partial charge in [-0.1, -0.05) is 28.1 Å². The minimum absolute atomic E-state index is 0.205. The normalized spacial score (nSPS) is 12.5. The maximum Gasteiger partial charge on any atom is 0.0465 e. The first-order chi connectivity index (χ1) is 7.19. The van der Waals surface area contributed by atoms with Gasteiger partial charge in [-0.2, -0.15) is 0 Å². The fourth-order valence-corrected chi connectivity index (χ4v) is 2.12. The molecule has 0 amide bonds. The lowest BCUT2D eigenvalue weighted by Crippen LogP contribution is -2.28. The van der Waals surface area contributed by atoms with Crippen LogP contribution in [0.2, 0.25) is 0 Å². The highest BCUT2D eigenvalue weighted by molar-refractivity contribution is 9.10. The Morgan fingerprint density at radius 3 is 2.87 bits per heavy atom. The lowest BCUT2D eigenvalue weighted by atomic mass is 9.98. The molecular weight excluding hydrogens is 252 g/mol. The fraction of sp³-hybridized carbons (Fsp3) is 0.333. The zero-order valence-electron chi connectivity index (χ0n) is 8.96. The van der Waals surface area contributed by atoms with Crippen molar-refractivity contribution in [2.45, 2.75) is 25.8 Å². The van der Waals surface area contributed by atoms with Gasteiger partial charge in [-0.25, -0.2) is 0 Å². The number of aryl methyl sites for hydroxylation is 1. The van der Waals surface area contributed by atoms with E-state index in [2.05, 4.69) is 47.0 Å². The highest BCUT2D eigenvalue weighted by Gasteiger charge is 2.10. The molecule has 3 heteroatoms. The molecule has 2 nitrogen and oxygen atoms in total. The van der Waals surface area contributed by atoms with Crippen LogP contribution in [0.15, 0.2) is 35.3 Å². The molecule has 15 heavy (non-hydrogen) atoms. The van der Waals surface area contributed by atoms with E-state index in [1.165, 1.54) is 11.1 Å². The van der Waals surface area contributed by atoms with Gasteiger partial charge in [0, 0.05) is 10.5 Å². The molecule has 0 aliphatic carbocycles. The second-order valence-electron chi connectivity index (χ2n) is 3.59. The lowest BCUT2D eigenvalue weighted by Gasteiger charge is -2.18. The fourth-order valence-electron chi connectivity index (χ4n) is 1.64. The van der Waals surface area contributed by atoms with Crippen molar-refractivity contribution < 1.29 is 0 Å². The Hall–Kier alpha value is -0.640. The number of rotatable bonds is 5. The highest BCUT2D eigenvalue weighted by atomic mass is 79.9. The molecule has 0 radical (unpaired) electrons. The Morgan fingerprint density at radius 1 is 1.60 bits per heavy atom. The molecule has 0 bridgehead atoms. The van der Waals surface area contributed by atoms with E-state index < -0.39 is 0 Å². The molecule has 1 atom stereocenters. The Balaban J connectivity index is 2.86. The molecule has 0 aliphatic heterocycles. The van der Waals surface area contributed by atoms with Crippen LogP contribution in [0.4, 0.5) is 0 Å². The summed E-state index contributed by atoms with van der Waals surface area (Å²) < 4.78 is 1.10. The monoisotopic (exact) mass is 268 g/mol. The molecular formula is C12H17BrN2. The molecule has 82 valence electrons. The third kappa shape index (κ3) is 3.45. The largest absolute Gasteiger partial charge is 0.271 e. The van der Waals surface area contributed by atoms with Crippen molar-refractivity contribution in [1.82, 2.24) is 5.43 Å². The number of hydrogen-bond donors (Lipinski definition) is 2. The second kappa shape index (κ2) is 6.05. The van der Waals surface area contributed by atoms with E-state index >= 15 is 0 Å². The van der Waals surface area contributed by atoms with Crippen LogP contribution in [-0.4, -0.2) is 0 Å². The molecule has 0 aromatic heterocycles. The zero-order valence-corrected chi connectivity index (χ0v) is 10.5. The molecule has 0 saturated heterocycles. The lowest BCUT2D eigenvalue weighted by molar-refractivity contribution is 0.518. The van der Waals surface area contributed by atoms with Crippen molar-refractivity contribution >= 4 is 15.9 Å². The number of hydrogen-bond acceptors (Lipinski definition) is 2. The molecule has 1 unspecified atom stereocenters. The van der Waals surface area contributed by atoms with Crippen LogP contribution in [0.5, 0.6) is 0 Å². The molecule has 3 N–H and O–H groups in total. The third-order valence-corrected chi connectivity index (χ3v) is 2.96. The van der Waals surface area contributed by atoms with Gasteiger partial charge < -0.3 is 0 Å². The first-order valence-electron chi connectivity index (χ1n) is 5.02. The molecule has 1 rings (SSSR count). The summed E-state index contributed by atoms with van der Waals surface area (Å²) in [4.78, 5) is 0. The van der Waals surface area contributed by atoms with Crippen LogP contribution < -0.4 is 11.3 Å². The van der Waals surface area contributed by atoms with Crippen LogP contribution in [0.25, 0.3) is 0 Å². The summed E-state index contributed by atoms with van der Waals surface area (Å²) in [6, 6.07) is 6.46. The van der Waals surface area contributed by atoms with Crippen LogP contribution in [0.1, 0.15) is 30.0 Å². The number of allylic oxidation sites excluding steroid dienone is 1. The summed E-state index contributed by atoms with van der Waals surface area (Å²) in [6.07, 6.45) is 3.85. The molecule has 1 aromatic carbocycles. The van der Waals surface area contributed by atoms with Crippen molar-refractivity contribution in [3.05, 3.63) is 46.5 Å². The summed E-state index contributed by atoms with van der Waals surface area (Å²) >= 11 is 3.45. The Bertz CT molecular complexity index is 336. The second-order valence-corrected chi connectivity index (χ2v) is 4.50. The van der Waals surface area contributed by atoms with Gasteiger partial charge in [0.05, 0.1) is 0 Å². The summed E-state index contributed by atoms with van der Waals surface area (Å²) in [5, 5.41) is 0. The van der Waals surface area contributed by atoms with Crippen molar-refractivity contribution in [2.24, 2.45) is 5.84 Å². The number of halogens is 1. The number of benzene rings is 1. The average molecular weight is 269 g/mol. The van der Waals surface area contributed by atoms with Crippen LogP contribution in [0.3, 0.4) is 0 Å². The van der Waals surface area contributed by atoms with Gasteiger partial charge >= 0.3 is 0 Å². The SMILES string of the molecule is C=CCCC(NN)c1ccc(Br)cc1C. The number of nitrogens with one attached hydrogen (secondary N) is 1. The third-order valence-electron chi connectivity index (χ3n) is 2.47. The molecule has 0 saturated carbocycles. The summed E-state index contributed by atoms with van der Waals surface area (Å²) in [6.45, 7) is 5.82. The first kappa shape index (κ1) is 12.4. The predicted octanol–water partition coefficient (Wildman–Crippen LogP) is 3.23. The number of nitrogens with two attached hydrogens (primary N) is 1. The quantitative estimate of drug-likeness (QED) is 0.489. The van der Waals surface area contributed by atoms with E-state index in [4.69, 9.17) is 5.84 Å². The Morgan fingerprint density at radius 2 is 2.33 bits per heavy atom. The van der Waals surface area contributed by atoms with E-state index in [0.29, 0.717) is 0 Å². The zero-order chi connectivity index (χ0) is 11.3. The molecule has 0 heterocycles. The van der Waals surface area contributed by atoms with Gasteiger partial charge in [-0.05, 0) is 43.0 Å². The Kier molecular flexibility index (Phi) is 5.02. The average Bonchev–Trinajstić information content (AvgIpc) is 2.21. The van der Waals surface area contributed by atoms with E-state index in [1.54, 1.807) is 0 Å². The molecule has 0 fully saturated rings. The van der Waals surface area contributed by atoms with Crippen molar-refractivity contribution in [3.8, 4) is 0 Å². The van der Waals surface area contributed by atoms with E-state index in [9.17, 15) is 0 Å². The number of hydrazine groups is 1. The predicted molar refractivity (Wildman–Crippen MR) is 68.4 cm³/mol. The van der Waals surface area contributed by atoms with Crippen molar-refractivity contribution in [1.29, 1.82) is 0 Å². The van der Waals surface area contributed by atoms with Gasteiger partial charge in [0.15, 0.2) is 0 Å². The Labute approximate surface area is 99.7 Å². The van der Waals surface area contributed by atoms with Gasteiger partial charge in [-0.15, -0.1) is 6.58 Å². The maximum absolute atomic E-state index is 5.56. The van der Waals surface area contributed by atoms with Gasteiger partial charge in [0.2, 0.25) is 0 Å². The maximum atomic E-state index is 5.56. The van der Waals surface area contributed by atoms with E-state index in [0.717, 1.165) is 17.3 Å². The topological polar surface area (TPSA) is 38.0 Å². The smallest absolute Gasteiger partial charge is 0.0465 e. The van der Waals surface area contributed by atoms with Gasteiger partial charge in [0.1, 0.15) is 0 Å². The van der Waals surface area contributed by atoms with Gasteiger partial charge in [0.25, 0.3) is 0 Å². The molecule has 1 aromatic rings. The minimum atomic E-state index is 0.205. The summed E-state index contributed by atoms with van der Waals surface area (Å²) in [5.41, 5.74) is 5.35. The molecule has 0 spiro atoms. The van der Waals surface area contributed by atoms with Crippen LogP contribution in [0, 0.1) is 6.92 Å². The van der Waals surface area contributed by atoms with Crippen LogP contribution >= 0.6 is 15.9 Å². The minimum Gasteiger partial charge on any atom is -0.271 e. The van der Waals surface area contributed by atoms with Crippen molar-refractivity contribution in [2.75, 3.05) is 0 Å². The highest BCUT2D eigenvalue weighted by Crippen LogP contribution is 2.24. The van der Waals surface area contributed by atoms with Gasteiger partial charge in [-0.3, -0.25) is 11.3 Å².